The van der Waals surface area contributed by atoms with Crippen molar-refractivity contribution in [2.45, 2.75) is 51.7 Å². The van der Waals surface area contributed by atoms with Crippen molar-refractivity contribution >= 4 is 5.91 Å². The summed E-state index contributed by atoms with van der Waals surface area (Å²) < 4.78 is 5.52. The minimum atomic E-state index is 0.109. The second-order valence-electron chi connectivity index (χ2n) is 4.65. The van der Waals surface area contributed by atoms with Gasteiger partial charge in [-0.15, -0.1) is 0 Å². The summed E-state index contributed by atoms with van der Waals surface area (Å²) in [5.41, 5.74) is 0. The maximum Gasteiger partial charge on any atom is 0.222 e. The molecule has 0 radical (unpaired) electrons. The third kappa shape index (κ3) is 6.08. The fraction of sp³-hybridized carbons (Fsp3) is 0.917. The van der Waals surface area contributed by atoms with Gasteiger partial charge in [-0.25, -0.2) is 0 Å². The van der Waals surface area contributed by atoms with Gasteiger partial charge in [0, 0.05) is 25.7 Å². The molecular weight excluding hydrogens is 204 g/mol. The topological polar surface area (TPSA) is 50.4 Å². The van der Waals surface area contributed by atoms with Gasteiger partial charge in [0.2, 0.25) is 5.91 Å². The van der Waals surface area contributed by atoms with Crippen molar-refractivity contribution in [2.75, 3.05) is 19.7 Å². The molecule has 0 aliphatic carbocycles. The Balaban J connectivity index is 2.01. The molecule has 0 saturated carbocycles. The van der Waals surface area contributed by atoms with Crippen LogP contribution in [0.1, 0.15) is 39.5 Å². The zero-order valence-electron chi connectivity index (χ0n) is 10.4. The standard InChI is InChI=1S/C12H24N2O2/c1-10(2)13-6-7-14-12(15)9-11-5-3-4-8-16-11/h10-11,13H,3-9H2,1-2H3,(H,14,15). The molecule has 16 heavy (non-hydrogen) atoms. The highest BCUT2D eigenvalue weighted by molar-refractivity contribution is 5.76. The summed E-state index contributed by atoms with van der Waals surface area (Å²) in [5, 5.41) is 6.16. The lowest BCUT2D eigenvalue weighted by Gasteiger charge is -2.22. The van der Waals surface area contributed by atoms with Crippen molar-refractivity contribution in [1.29, 1.82) is 0 Å². The molecule has 0 aromatic rings. The molecule has 1 amide bonds. The Hall–Kier alpha value is -0.610. The number of carbonyl (C=O) groups is 1. The number of rotatable bonds is 6. The zero-order chi connectivity index (χ0) is 11.8. The van der Waals surface area contributed by atoms with Gasteiger partial charge in [-0.1, -0.05) is 13.8 Å². The van der Waals surface area contributed by atoms with Crippen LogP contribution < -0.4 is 10.6 Å². The van der Waals surface area contributed by atoms with E-state index in [4.69, 9.17) is 4.74 Å². The predicted octanol–water partition coefficient (Wildman–Crippen LogP) is 1.06. The lowest BCUT2D eigenvalue weighted by molar-refractivity contribution is -0.124. The summed E-state index contributed by atoms with van der Waals surface area (Å²) in [6.45, 7) is 6.53. The smallest absolute Gasteiger partial charge is 0.222 e. The molecule has 1 heterocycles. The minimum absolute atomic E-state index is 0.109. The highest BCUT2D eigenvalue weighted by Crippen LogP contribution is 2.15. The van der Waals surface area contributed by atoms with Gasteiger partial charge in [-0.3, -0.25) is 4.79 Å². The Morgan fingerprint density at radius 1 is 1.38 bits per heavy atom. The number of nitrogens with one attached hydrogen (secondary N) is 2. The summed E-state index contributed by atoms with van der Waals surface area (Å²) in [4.78, 5) is 11.5. The fourth-order valence-electron chi connectivity index (χ4n) is 1.81. The molecule has 0 aromatic heterocycles. The average molecular weight is 228 g/mol. The van der Waals surface area contributed by atoms with E-state index in [1.165, 1.54) is 6.42 Å². The monoisotopic (exact) mass is 228 g/mol. The van der Waals surface area contributed by atoms with E-state index in [2.05, 4.69) is 24.5 Å². The molecule has 4 heteroatoms. The zero-order valence-corrected chi connectivity index (χ0v) is 10.4. The van der Waals surface area contributed by atoms with Gasteiger partial charge in [0.15, 0.2) is 0 Å². The van der Waals surface area contributed by atoms with E-state index in [1.807, 2.05) is 0 Å². The Kier molecular flexibility index (Phi) is 6.42. The van der Waals surface area contributed by atoms with Crippen LogP contribution in [0.2, 0.25) is 0 Å². The average Bonchev–Trinajstić information content (AvgIpc) is 2.25. The highest BCUT2D eigenvalue weighted by atomic mass is 16.5. The van der Waals surface area contributed by atoms with E-state index in [0.717, 1.165) is 26.0 Å². The van der Waals surface area contributed by atoms with Gasteiger partial charge in [-0.05, 0) is 19.3 Å². The van der Waals surface area contributed by atoms with E-state index in [1.54, 1.807) is 0 Å². The van der Waals surface area contributed by atoms with E-state index in [9.17, 15) is 4.79 Å². The van der Waals surface area contributed by atoms with Gasteiger partial charge >= 0.3 is 0 Å². The first-order valence-corrected chi connectivity index (χ1v) is 6.30. The summed E-state index contributed by atoms with van der Waals surface area (Å²) >= 11 is 0. The van der Waals surface area contributed by atoms with Crippen molar-refractivity contribution in [3.63, 3.8) is 0 Å². The van der Waals surface area contributed by atoms with Crippen LogP contribution in [0.25, 0.3) is 0 Å². The molecule has 94 valence electrons. The quantitative estimate of drug-likeness (QED) is 0.668. The molecule has 1 aliphatic heterocycles. The summed E-state index contributed by atoms with van der Waals surface area (Å²) in [5.74, 6) is 0.109. The van der Waals surface area contributed by atoms with Gasteiger partial charge in [-0.2, -0.15) is 0 Å². The molecular formula is C12H24N2O2. The molecule has 1 unspecified atom stereocenters. The SMILES string of the molecule is CC(C)NCCNC(=O)CC1CCCCO1. The van der Waals surface area contributed by atoms with Crippen molar-refractivity contribution in [3.05, 3.63) is 0 Å². The number of carbonyl (C=O) groups excluding carboxylic acids is 1. The summed E-state index contributed by atoms with van der Waals surface area (Å²) in [7, 11) is 0. The maximum atomic E-state index is 11.5. The molecule has 1 rings (SSSR count). The molecule has 1 fully saturated rings. The predicted molar refractivity (Wildman–Crippen MR) is 64.4 cm³/mol. The lowest BCUT2D eigenvalue weighted by Crippen LogP contribution is -2.36. The first kappa shape index (κ1) is 13.5. The third-order valence-electron chi connectivity index (χ3n) is 2.69. The molecule has 2 N–H and O–H groups in total. The van der Waals surface area contributed by atoms with Crippen LogP contribution in [0.15, 0.2) is 0 Å². The van der Waals surface area contributed by atoms with Crippen LogP contribution in [0, 0.1) is 0 Å². The molecule has 1 atom stereocenters. The van der Waals surface area contributed by atoms with Crippen molar-refractivity contribution in [2.24, 2.45) is 0 Å². The van der Waals surface area contributed by atoms with Crippen molar-refractivity contribution in [1.82, 2.24) is 10.6 Å². The number of hydrogen-bond acceptors (Lipinski definition) is 3. The van der Waals surface area contributed by atoms with E-state index in [-0.39, 0.29) is 12.0 Å². The van der Waals surface area contributed by atoms with Gasteiger partial charge < -0.3 is 15.4 Å². The number of amides is 1. The molecule has 0 spiro atoms. The fourth-order valence-corrected chi connectivity index (χ4v) is 1.81. The normalized spacial score (nSPS) is 21.1. The van der Waals surface area contributed by atoms with Crippen LogP contribution in [0.5, 0.6) is 0 Å². The van der Waals surface area contributed by atoms with Gasteiger partial charge in [0.1, 0.15) is 0 Å². The molecule has 0 aromatic carbocycles. The Bertz CT molecular complexity index is 201. The highest BCUT2D eigenvalue weighted by Gasteiger charge is 2.16. The largest absolute Gasteiger partial charge is 0.378 e. The van der Waals surface area contributed by atoms with Crippen LogP contribution in [0.3, 0.4) is 0 Å². The molecule has 4 nitrogen and oxygen atoms in total. The number of ether oxygens (including phenoxy) is 1. The number of hydrogen-bond donors (Lipinski definition) is 2. The van der Waals surface area contributed by atoms with E-state index >= 15 is 0 Å². The van der Waals surface area contributed by atoms with E-state index < -0.39 is 0 Å². The molecule has 1 saturated heterocycles. The van der Waals surface area contributed by atoms with Crippen molar-refractivity contribution in [3.8, 4) is 0 Å². The maximum absolute atomic E-state index is 11.5. The van der Waals surface area contributed by atoms with Crippen LogP contribution in [0.4, 0.5) is 0 Å². The Labute approximate surface area is 98.1 Å². The second-order valence-corrected chi connectivity index (χ2v) is 4.65. The van der Waals surface area contributed by atoms with Crippen LogP contribution in [-0.4, -0.2) is 37.7 Å². The molecule has 1 aliphatic rings. The van der Waals surface area contributed by atoms with Crippen molar-refractivity contribution < 1.29 is 9.53 Å². The third-order valence-corrected chi connectivity index (χ3v) is 2.69. The first-order chi connectivity index (χ1) is 7.68. The van der Waals surface area contributed by atoms with Crippen LogP contribution in [-0.2, 0) is 9.53 Å². The Morgan fingerprint density at radius 2 is 2.19 bits per heavy atom. The molecule has 0 bridgehead atoms. The lowest BCUT2D eigenvalue weighted by atomic mass is 10.1. The van der Waals surface area contributed by atoms with Crippen LogP contribution >= 0.6 is 0 Å². The summed E-state index contributed by atoms with van der Waals surface area (Å²) in [6.07, 6.45) is 4.01. The van der Waals surface area contributed by atoms with Gasteiger partial charge in [0.05, 0.1) is 12.5 Å². The summed E-state index contributed by atoms with van der Waals surface area (Å²) in [6, 6.07) is 0.471. The minimum Gasteiger partial charge on any atom is -0.378 e. The van der Waals surface area contributed by atoms with E-state index in [0.29, 0.717) is 19.0 Å². The van der Waals surface area contributed by atoms with Gasteiger partial charge in [0.25, 0.3) is 0 Å². The second kappa shape index (κ2) is 7.63. The Morgan fingerprint density at radius 3 is 2.81 bits per heavy atom. The first-order valence-electron chi connectivity index (χ1n) is 6.30.